The van der Waals surface area contributed by atoms with Gasteiger partial charge in [-0.3, -0.25) is 14.5 Å². The molecule has 0 radical (unpaired) electrons. The van der Waals surface area contributed by atoms with E-state index in [-0.39, 0.29) is 17.9 Å². The number of anilines is 1. The summed E-state index contributed by atoms with van der Waals surface area (Å²) in [5.74, 6) is 0.513. The van der Waals surface area contributed by atoms with Gasteiger partial charge in [-0.25, -0.2) is 0 Å². The van der Waals surface area contributed by atoms with E-state index in [1.165, 1.54) is 6.08 Å². The summed E-state index contributed by atoms with van der Waals surface area (Å²) in [5, 5.41) is 6.96. The van der Waals surface area contributed by atoms with Crippen LogP contribution < -0.4 is 10.6 Å². The van der Waals surface area contributed by atoms with Crippen LogP contribution in [0.1, 0.15) is 18.6 Å². The lowest BCUT2D eigenvalue weighted by Crippen LogP contribution is -2.46. The van der Waals surface area contributed by atoms with E-state index in [2.05, 4.69) is 15.5 Å². The fourth-order valence-corrected chi connectivity index (χ4v) is 3.65. The molecule has 1 fully saturated rings. The molecular formula is C24H25N3O3. The molecule has 2 N–H and O–H groups in total. The highest BCUT2D eigenvalue weighted by Crippen LogP contribution is 2.19. The van der Waals surface area contributed by atoms with E-state index in [1.807, 2.05) is 60.7 Å². The van der Waals surface area contributed by atoms with Crippen molar-refractivity contribution in [2.45, 2.75) is 18.9 Å². The van der Waals surface area contributed by atoms with Gasteiger partial charge in [0.1, 0.15) is 11.3 Å². The molecule has 0 bridgehead atoms. The number of rotatable bonds is 6. The second kappa shape index (κ2) is 9.41. The van der Waals surface area contributed by atoms with Crippen LogP contribution >= 0.6 is 0 Å². The van der Waals surface area contributed by atoms with Crippen LogP contribution in [0.4, 0.5) is 5.69 Å². The van der Waals surface area contributed by atoms with Gasteiger partial charge in [-0.1, -0.05) is 36.4 Å². The summed E-state index contributed by atoms with van der Waals surface area (Å²) >= 11 is 0. The Bertz CT molecular complexity index is 1000. The second-order valence-electron chi connectivity index (χ2n) is 7.49. The average Bonchev–Trinajstić information content (AvgIpc) is 3.17. The molecular weight excluding hydrogens is 378 g/mol. The molecule has 2 heterocycles. The van der Waals surface area contributed by atoms with Crippen molar-refractivity contribution >= 4 is 34.5 Å². The average molecular weight is 403 g/mol. The number of benzene rings is 2. The third kappa shape index (κ3) is 5.36. The van der Waals surface area contributed by atoms with E-state index in [9.17, 15) is 9.59 Å². The van der Waals surface area contributed by atoms with Gasteiger partial charge in [0.05, 0.1) is 6.54 Å². The van der Waals surface area contributed by atoms with Crippen molar-refractivity contribution in [3.63, 3.8) is 0 Å². The number of nitrogens with one attached hydrogen (secondary N) is 2. The number of nitrogens with zero attached hydrogens (tertiary/aromatic N) is 1. The monoisotopic (exact) mass is 403 g/mol. The molecule has 6 heteroatoms. The molecule has 0 aliphatic carbocycles. The van der Waals surface area contributed by atoms with E-state index in [0.29, 0.717) is 12.3 Å². The summed E-state index contributed by atoms with van der Waals surface area (Å²) in [6.45, 7) is 1.92. The van der Waals surface area contributed by atoms with E-state index >= 15 is 0 Å². The topological polar surface area (TPSA) is 74.6 Å². The Morgan fingerprint density at radius 3 is 2.53 bits per heavy atom. The Morgan fingerprint density at radius 1 is 1.03 bits per heavy atom. The van der Waals surface area contributed by atoms with Gasteiger partial charge in [0.25, 0.3) is 0 Å². The fourth-order valence-electron chi connectivity index (χ4n) is 3.65. The maximum absolute atomic E-state index is 12.2. The molecule has 4 rings (SSSR count). The van der Waals surface area contributed by atoms with Gasteiger partial charge >= 0.3 is 0 Å². The van der Waals surface area contributed by atoms with Crippen molar-refractivity contribution in [3.05, 3.63) is 72.5 Å². The summed E-state index contributed by atoms with van der Waals surface area (Å²) in [5.41, 5.74) is 1.61. The third-order valence-corrected chi connectivity index (χ3v) is 5.20. The molecule has 0 unspecified atom stereocenters. The van der Waals surface area contributed by atoms with Gasteiger partial charge in [-0.2, -0.15) is 0 Å². The van der Waals surface area contributed by atoms with Crippen LogP contribution in [0.5, 0.6) is 0 Å². The lowest BCUT2D eigenvalue weighted by molar-refractivity contribution is -0.119. The van der Waals surface area contributed by atoms with Crippen LogP contribution in [-0.4, -0.2) is 42.4 Å². The molecule has 154 valence electrons. The number of carbonyl (C=O) groups excluding carboxylic acids is 2. The minimum Gasteiger partial charge on any atom is -0.457 e. The summed E-state index contributed by atoms with van der Waals surface area (Å²) in [6.07, 6.45) is 4.85. The van der Waals surface area contributed by atoms with Crippen molar-refractivity contribution in [1.29, 1.82) is 0 Å². The Balaban J connectivity index is 1.20. The highest BCUT2D eigenvalue weighted by Gasteiger charge is 2.21. The van der Waals surface area contributed by atoms with Crippen LogP contribution in [0.25, 0.3) is 17.0 Å². The van der Waals surface area contributed by atoms with Crippen LogP contribution in [0.2, 0.25) is 0 Å². The molecule has 1 aliphatic heterocycles. The van der Waals surface area contributed by atoms with E-state index in [1.54, 1.807) is 6.08 Å². The first-order valence-electron chi connectivity index (χ1n) is 10.2. The fraction of sp³-hybridized carbons (Fsp3) is 0.250. The minimum atomic E-state index is -0.129. The molecule has 6 nitrogen and oxygen atoms in total. The van der Waals surface area contributed by atoms with Gasteiger partial charge in [0, 0.05) is 36.3 Å². The predicted octanol–water partition coefficient (Wildman–Crippen LogP) is 3.67. The molecule has 0 spiro atoms. The lowest BCUT2D eigenvalue weighted by atomic mass is 10.0. The van der Waals surface area contributed by atoms with Crippen LogP contribution in [-0.2, 0) is 9.59 Å². The highest BCUT2D eigenvalue weighted by atomic mass is 16.3. The number of furan rings is 1. The molecule has 1 aromatic heterocycles. The number of hydrogen-bond acceptors (Lipinski definition) is 4. The van der Waals surface area contributed by atoms with Crippen molar-refractivity contribution < 1.29 is 14.0 Å². The number of hydrogen-bond donors (Lipinski definition) is 2. The van der Waals surface area contributed by atoms with Crippen LogP contribution in [0, 0.1) is 0 Å². The van der Waals surface area contributed by atoms with Gasteiger partial charge in [-0.05, 0) is 43.2 Å². The number of amides is 2. The standard InChI is InChI=1S/C24H25N3O3/c28-23(11-10-21-16-18-6-4-5-9-22(18)30-21)25-20-12-14-27(15-13-20)17-24(29)26-19-7-2-1-3-8-19/h1-11,16,20H,12-15,17H2,(H,25,28)(H,26,29)/b11-10+. The second-order valence-corrected chi connectivity index (χ2v) is 7.49. The van der Waals surface area contributed by atoms with E-state index < -0.39 is 0 Å². The van der Waals surface area contributed by atoms with Crippen LogP contribution in [0.3, 0.4) is 0 Å². The number of para-hydroxylation sites is 2. The lowest BCUT2D eigenvalue weighted by Gasteiger charge is -2.31. The van der Waals surface area contributed by atoms with Gasteiger partial charge in [0.15, 0.2) is 0 Å². The Kier molecular flexibility index (Phi) is 6.25. The van der Waals surface area contributed by atoms with Crippen molar-refractivity contribution in [3.8, 4) is 0 Å². The summed E-state index contributed by atoms with van der Waals surface area (Å²) < 4.78 is 5.69. The Morgan fingerprint density at radius 2 is 1.77 bits per heavy atom. The third-order valence-electron chi connectivity index (χ3n) is 5.20. The first kappa shape index (κ1) is 19.9. The number of carbonyl (C=O) groups is 2. The highest BCUT2D eigenvalue weighted by molar-refractivity contribution is 5.93. The summed E-state index contributed by atoms with van der Waals surface area (Å²) in [4.78, 5) is 26.5. The maximum Gasteiger partial charge on any atom is 0.244 e. The van der Waals surface area contributed by atoms with E-state index in [0.717, 1.165) is 42.6 Å². The largest absolute Gasteiger partial charge is 0.457 e. The zero-order valence-electron chi connectivity index (χ0n) is 16.7. The predicted molar refractivity (Wildman–Crippen MR) is 118 cm³/mol. The zero-order valence-corrected chi connectivity index (χ0v) is 16.7. The molecule has 0 saturated carbocycles. The smallest absolute Gasteiger partial charge is 0.244 e. The molecule has 2 aromatic carbocycles. The van der Waals surface area contributed by atoms with Crippen molar-refractivity contribution in [2.24, 2.45) is 0 Å². The number of likely N-dealkylation sites (tertiary alicyclic amines) is 1. The number of piperidine rings is 1. The molecule has 1 saturated heterocycles. The quantitative estimate of drug-likeness (QED) is 0.616. The summed E-state index contributed by atoms with van der Waals surface area (Å²) in [7, 11) is 0. The van der Waals surface area contributed by atoms with Gasteiger partial charge in [-0.15, -0.1) is 0 Å². The zero-order chi connectivity index (χ0) is 20.8. The Labute approximate surface area is 175 Å². The van der Waals surface area contributed by atoms with E-state index in [4.69, 9.17) is 4.42 Å². The molecule has 2 amide bonds. The summed E-state index contributed by atoms with van der Waals surface area (Å²) in [6, 6.07) is 19.2. The minimum absolute atomic E-state index is 0.0162. The van der Waals surface area contributed by atoms with Crippen molar-refractivity contribution in [2.75, 3.05) is 25.0 Å². The molecule has 1 aliphatic rings. The molecule has 0 atom stereocenters. The normalized spacial score (nSPS) is 15.5. The first-order chi connectivity index (χ1) is 14.7. The molecule has 3 aromatic rings. The maximum atomic E-state index is 12.2. The molecule has 30 heavy (non-hydrogen) atoms. The van der Waals surface area contributed by atoms with Gasteiger partial charge < -0.3 is 15.1 Å². The SMILES string of the molecule is O=C(/C=C/c1cc2ccccc2o1)NC1CCN(CC(=O)Nc2ccccc2)CC1. The van der Waals surface area contributed by atoms with Crippen molar-refractivity contribution in [1.82, 2.24) is 10.2 Å². The first-order valence-corrected chi connectivity index (χ1v) is 10.2. The van der Waals surface area contributed by atoms with Gasteiger partial charge in [0.2, 0.25) is 11.8 Å². The number of fused-ring (bicyclic) bond motifs is 1. The van der Waals surface area contributed by atoms with Crippen LogP contribution in [0.15, 0.2) is 71.2 Å². The Hall–Kier alpha value is -3.38.